The maximum atomic E-state index is 9.19. The molecule has 0 aromatic heterocycles. The van der Waals surface area contributed by atoms with Gasteiger partial charge in [-0.25, -0.2) is 0 Å². The molecule has 3 heteroatoms. The topological polar surface area (TPSA) is 27.0 Å². The number of halogens is 1. The van der Waals surface area contributed by atoms with Crippen molar-refractivity contribution in [1.82, 2.24) is 0 Å². The highest BCUT2D eigenvalue weighted by molar-refractivity contribution is 6.17. The van der Waals surface area contributed by atoms with Crippen LogP contribution in [0.25, 0.3) is 0 Å². The van der Waals surface area contributed by atoms with Gasteiger partial charge in [-0.15, -0.1) is 11.6 Å². The second-order valence-electron chi connectivity index (χ2n) is 4.18. The van der Waals surface area contributed by atoms with Gasteiger partial charge in [0.1, 0.15) is 6.07 Å². The van der Waals surface area contributed by atoms with Gasteiger partial charge in [-0.3, -0.25) is 0 Å². The summed E-state index contributed by atoms with van der Waals surface area (Å²) in [7, 11) is 2.05. The average Bonchev–Trinajstić information content (AvgIpc) is 2.39. The summed E-state index contributed by atoms with van der Waals surface area (Å²) in [5, 5.41) is 9.19. The molecular weight excluding hydrogens is 232 g/mol. The minimum atomic E-state index is 0.448. The van der Waals surface area contributed by atoms with E-state index in [9.17, 15) is 5.26 Å². The van der Waals surface area contributed by atoms with Crippen LogP contribution >= 0.6 is 11.6 Å². The Morgan fingerprint density at radius 3 is 2.47 bits per heavy atom. The zero-order chi connectivity index (χ0) is 12.8. The first-order valence-electron chi connectivity index (χ1n) is 5.99. The van der Waals surface area contributed by atoms with Crippen LogP contribution in [0.5, 0.6) is 0 Å². The number of alkyl halides is 1. The number of benzene rings is 1. The first-order valence-corrected chi connectivity index (χ1v) is 6.53. The molecule has 2 nitrogen and oxygen atoms in total. The lowest BCUT2D eigenvalue weighted by molar-refractivity contribution is 0.591. The van der Waals surface area contributed by atoms with Crippen LogP contribution in [0.1, 0.15) is 37.8 Å². The van der Waals surface area contributed by atoms with Crippen LogP contribution in [0.4, 0.5) is 5.69 Å². The lowest BCUT2D eigenvalue weighted by atomic mass is 10.1. The van der Waals surface area contributed by atoms with E-state index in [2.05, 4.69) is 24.8 Å². The molecule has 17 heavy (non-hydrogen) atoms. The SMILES string of the molecule is CCC(CC)N(C)c1ccc(CCl)cc1C#N. The molecule has 0 aliphatic heterocycles. The van der Waals surface area contributed by atoms with E-state index in [-0.39, 0.29) is 0 Å². The lowest BCUT2D eigenvalue weighted by Crippen LogP contribution is -2.30. The molecule has 92 valence electrons. The maximum absolute atomic E-state index is 9.19. The summed E-state index contributed by atoms with van der Waals surface area (Å²) < 4.78 is 0. The smallest absolute Gasteiger partial charge is 0.101 e. The van der Waals surface area contributed by atoms with E-state index >= 15 is 0 Å². The molecule has 0 heterocycles. The van der Waals surface area contributed by atoms with Crippen LogP contribution in [0.2, 0.25) is 0 Å². The fraction of sp³-hybridized carbons (Fsp3) is 0.500. The van der Waals surface area contributed by atoms with Crippen molar-refractivity contribution in [3.8, 4) is 6.07 Å². The first kappa shape index (κ1) is 13.9. The van der Waals surface area contributed by atoms with Gasteiger partial charge in [-0.1, -0.05) is 19.9 Å². The van der Waals surface area contributed by atoms with Crippen LogP contribution in [-0.2, 0) is 5.88 Å². The molecule has 0 saturated heterocycles. The highest BCUT2D eigenvalue weighted by atomic mass is 35.5. The predicted molar refractivity (Wildman–Crippen MR) is 73.5 cm³/mol. The van der Waals surface area contributed by atoms with E-state index in [0.29, 0.717) is 17.5 Å². The monoisotopic (exact) mass is 250 g/mol. The molecule has 0 atom stereocenters. The Labute approximate surface area is 109 Å². The molecule has 0 fully saturated rings. The molecule has 1 aromatic carbocycles. The molecule has 0 saturated carbocycles. The maximum Gasteiger partial charge on any atom is 0.101 e. The minimum Gasteiger partial charge on any atom is -0.371 e. The molecule has 0 N–H and O–H groups in total. The van der Waals surface area contributed by atoms with E-state index in [4.69, 9.17) is 11.6 Å². The van der Waals surface area contributed by atoms with Crippen LogP contribution in [0.3, 0.4) is 0 Å². The number of rotatable bonds is 5. The third-order valence-corrected chi connectivity index (χ3v) is 3.51. The molecule has 0 bridgehead atoms. The summed E-state index contributed by atoms with van der Waals surface area (Å²) in [5.41, 5.74) is 2.69. The minimum absolute atomic E-state index is 0.448. The summed E-state index contributed by atoms with van der Waals surface area (Å²) in [6.07, 6.45) is 2.16. The van der Waals surface area contributed by atoms with Gasteiger partial charge in [-0.2, -0.15) is 5.26 Å². The Kier molecular flexibility index (Phi) is 5.31. The first-order chi connectivity index (χ1) is 8.17. The molecule has 0 radical (unpaired) electrons. The zero-order valence-corrected chi connectivity index (χ0v) is 11.5. The Bertz CT molecular complexity index is 405. The Morgan fingerprint density at radius 2 is 2.00 bits per heavy atom. The Hall–Kier alpha value is -1.20. The van der Waals surface area contributed by atoms with Crippen molar-refractivity contribution in [1.29, 1.82) is 5.26 Å². The van der Waals surface area contributed by atoms with E-state index in [1.54, 1.807) is 0 Å². The summed E-state index contributed by atoms with van der Waals surface area (Å²) >= 11 is 5.78. The van der Waals surface area contributed by atoms with E-state index < -0.39 is 0 Å². The Balaban J connectivity index is 3.09. The van der Waals surface area contributed by atoms with Gasteiger partial charge >= 0.3 is 0 Å². The van der Waals surface area contributed by atoms with Gasteiger partial charge in [-0.05, 0) is 30.5 Å². The normalized spacial score (nSPS) is 10.4. The number of anilines is 1. The number of nitrogens with zero attached hydrogens (tertiary/aromatic N) is 2. The van der Waals surface area contributed by atoms with Gasteiger partial charge < -0.3 is 4.90 Å². The van der Waals surface area contributed by atoms with Crippen LogP contribution in [-0.4, -0.2) is 13.1 Å². The van der Waals surface area contributed by atoms with Crippen LogP contribution < -0.4 is 4.90 Å². The zero-order valence-electron chi connectivity index (χ0n) is 10.7. The summed E-state index contributed by atoms with van der Waals surface area (Å²) in [5.74, 6) is 0.448. The highest BCUT2D eigenvalue weighted by Crippen LogP contribution is 2.24. The summed E-state index contributed by atoms with van der Waals surface area (Å²) in [6, 6.07) is 8.59. The van der Waals surface area contributed by atoms with Crippen molar-refractivity contribution in [2.75, 3.05) is 11.9 Å². The molecule has 0 spiro atoms. The van der Waals surface area contributed by atoms with Crippen molar-refractivity contribution in [3.63, 3.8) is 0 Å². The predicted octanol–water partition coefficient (Wildman–Crippen LogP) is 3.92. The van der Waals surface area contributed by atoms with Gasteiger partial charge in [0.25, 0.3) is 0 Å². The van der Waals surface area contributed by atoms with Crippen LogP contribution in [0, 0.1) is 11.3 Å². The third-order valence-electron chi connectivity index (χ3n) is 3.21. The van der Waals surface area contributed by atoms with Gasteiger partial charge in [0.15, 0.2) is 0 Å². The molecule has 1 aromatic rings. The second-order valence-corrected chi connectivity index (χ2v) is 4.45. The van der Waals surface area contributed by atoms with Gasteiger partial charge in [0.2, 0.25) is 0 Å². The number of nitriles is 1. The van der Waals surface area contributed by atoms with Crippen molar-refractivity contribution in [2.24, 2.45) is 0 Å². The van der Waals surface area contributed by atoms with Gasteiger partial charge in [0, 0.05) is 19.0 Å². The van der Waals surface area contributed by atoms with E-state index in [1.807, 2.05) is 25.2 Å². The second kappa shape index (κ2) is 6.51. The third kappa shape index (κ3) is 3.14. The largest absolute Gasteiger partial charge is 0.371 e. The highest BCUT2D eigenvalue weighted by Gasteiger charge is 2.14. The van der Waals surface area contributed by atoms with Crippen molar-refractivity contribution >= 4 is 17.3 Å². The molecular formula is C14H19ClN2. The van der Waals surface area contributed by atoms with Gasteiger partial charge in [0.05, 0.1) is 11.3 Å². The molecule has 0 unspecified atom stereocenters. The summed E-state index contributed by atoms with van der Waals surface area (Å²) in [4.78, 5) is 2.19. The average molecular weight is 251 g/mol. The molecule has 0 aliphatic carbocycles. The number of hydrogen-bond acceptors (Lipinski definition) is 2. The van der Waals surface area contributed by atoms with Crippen molar-refractivity contribution in [3.05, 3.63) is 29.3 Å². The fourth-order valence-corrected chi connectivity index (χ4v) is 2.26. The molecule has 0 amide bonds. The lowest BCUT2D eigenvalue weighted by Gasteiger charge is -2.29. The fourth-order valence-electron chi connectivity index (χ4n) is 2.10. The van der Waals surface area contributed by atoms with E-state index in [0.717, 1.165) is 24.1 Å². The number of hydrogen-bond donors (Lipinski definition) is 0. The standard InChI is InChI=1S/C14H19ClN2/c1-4-13(5-2)17(3)14-7-6-11(9-15)8-12(14)10-16/h6-8,13H,4-5,9H2,1-3H3. The van der Waals surface area contributed by atoms with E-state index in [1.165, 1.54) is 0 Å². The Morgan fingerprint density at radius 1 is 1.35 bits per heavy atom. The van der Waals surface area contributed by atoms with Crippen LogP contribution in [0.15, 0.2) is 18.2 Å². The molecule has 0 aliphatic rings. The summed E-state index contributed by atoms with van der Waals surface area (Å²) in [6.45, 7) is 4.34. The molecule has 1 rings (SSSR count). The van der Waals surface area contributed by atoms with Crippen molar-refractivity contribution < 1.29 is 0 Å². The quantitative estimate of drug-likeness (QED) is 0.741. The van der Waals surface area contributed by atoms with Crippen molar-refractivity contribution in [2.45, 2.75) is 38.6 Å².